The molecule has 1 N–H and O–H groups in total. The number of rotatable bonds is 5. The summed E-state index contributed by atoms with van der Waals surface area (Å²) >= 11 is 0. The molecular formula is C13H21NO4. The van der Waals surface area contributed by atoms with Crippen molar-refractivity contribution in [1.29, 1.82) is 0 Å². The van der Waals surface area contributed by atoms with E-state index in [-0.39, 0.29) is 17.2 Å². The molecule has 0 radical (unpaired) electrons. The lowest BCUT2D eigenvalue weighted by atomic mass is 9.66. The van der Waals surface area contributed by atoms with Crippen LogP contribution in [0.25, 0.3) is 0 Å². The van der Waals surface area contributed by atoms with Crippen molar-refractivity contribution in [3.63, 3.8) is 0 Å². The van der Waals surface area contributed by atoms with Gasteiger partial charge in [-0.25, -0.2) is 0 Å². The quantitative estimate of drug-likeness (QED) is 0.799. The molecule has 2 fully saturated rings. The molecular weight excluding hydrogens is 234 g/mol. The number of amides is 1. The van der Waals surface area contributed by atoms with Gasteiger partial charge in [-0.2, -0.15) is 0 Å². The molecule has 1 amide bonds. The van der Waals surface area contributed by atoms with E-state index in [1.807, 2.05) is 0 Å². The van der Waals surface area contributed by atoms with Crippen LogP contribution in [0.15, 0.2) is 0 Å². The highest BCUT2D eigenvalue weighted by atomic mass is 16.5. The number of aliphatic carboxylic acids is 1. The topological polar surface area (TPSA) is 66.8 Å². The fourth-order valence-corrected chi connectivity index (χ4v) is 2.95. The van der Waals surface area contributed by atoms with E-state index in [2.05, 4.69) is 0 Å². The molecule has 1 saturated carbocycles. The molecule has 2 aliphatic rings. The zero-order valence-corrected chi connectivity index (χ0v) is 10.9. The predicted octanol–water partition coefficient (Wildman–Crippen LogP) is 1.13. The number of carboxylic acids is 1. The molecule has 0 aromatic rings. The minimum absolute atomic E-state index is 0.148. The van der Waals surface area contributed by atoms with E-state index >= 15 is 0 Å². The third-order valence-corrected chi connectivity index (χ3v) is 4.37. The van der Waals surface area contributed by atoms with Crippen LogP contribution in [0.4, 0.5) is 0 Å². The van der Waals surface area contributed by atoms with Gasteiger partial charge in [0.2, 0.25) is 5.91 Å². The number of carbonyl (C=O) groups excluding carboxylic acids is 1. The van der Waals surface area contributed by atoms with Crippen LogP contribution in [0.1, 0.15) is 32.1 Å². The molecule has 5 nitrogen and oxygen atoms in total. The number of nitrogens with zero attached hydrogens (tertiary/aromatic N) is 1. The summed E-state index contributed by atoms with van der Waals surface area (Å²) < 4.78 is 5.08. The predicted molar refractivity (Wildman–Crippen MR) is 65.1 cm³/mol. The lowest BCUT2D eigenvalue weighted by molar-refractivity contribution is -0.148. The summed E-state index contributed by atoms with van der Waals surface area (Å²) in [5, 5.41) is 8.97. The maximum Gasteiger partial charge on any atom is 0.308 e. The Morgan fingerprint density at radius 2 is 2.17 bits per heavy atom. The Labute approximate surface area is 107 Å². The summed E-state index contributed by atoms with van der Waals surface area (Å²) in [5.41, 5.74) is -0.261. The molecule has 1 atom stereocenters. The summed E-state index contributed by atoms with van der Waals surface area (Å²) in [6, 6.07) is 0. The number of carbonyl (C=O) groups is 2. The first-order valence-corrected chi connectivity index (χ1v) is 6.60. The van der Waals surface area contributed by atoms with Gasteiger partial charge in [-0.1, -0.05) is 6.42 Å². The Morgan fingerprint density at radius 1 is 1.44 bits per heavy atom. The van der Waals surface area contributed by atoms with Crippen molar-refractivity contribution in [3.8, 4) is 0 Å². The number of likely N-dealkylation sites (tertiary alicyclic amines) is 1. The first kappa shape index (κ1) is 13.3. The van der Waals surface area contributed by atoms with Gasteiger partial charge in [0.15, 0.2) is 0 Å². The highest BCUT2D eigenvalue weighted by molar-refractivity contribution is 5.85. The zero-order valence-electron chi connectivity index (χ0n) is 10.9. The minimum atomic E-state index is -0.787. The highest BCUT2D eigenvalue weighted by Crippen LogP contribution is 2.46. The standard InChI is InChI=1S/C13H21NO4/c1-18-8-6-13(4-2-5-13)12(17)14-7-3-10(9-14)11(15)16/h10H,2-9H2,1H3,(H,15,16)/t10-/m1/s1. The average molecular weight is 255 g/mol. The monoisotopic (exact) mass is 255 g/mol. The van der Waals surface area contributed by atoms with Crippen molar-refractivity contribution >= 4 is 11.9 Å². The van der Waals surface area contributed by atoms with Crippen molar-refractivity contribution in [2.45, 2.75) is 32.1 Å². The number of hydrogen-bond acceptors (Lipinski definition) is 3. The van der Waals surface area contributed by atoms with Crippen LogP contribution in [0.3, 0.4) is 0 Å². The molecule has 1 heterocycles. The first-order valence-electron chi connectivity index (χ1n) is 6.60. The molecule has 5 heteroatoms. The Balaban J connectivity index is 1.96. The van der Waals surface area contributed by atoms with E-state index in [1.54, 1.807) is 12.0 Å². The van der Waals surface area contributed by atoms with Crippen LogP contribution in [-0.4, -0.2) is 48.7 Å². The van der Waals surface area contributed by atoms with Crippen molar-refractivity contribution in [2.24, 2.45) is 11.3 Å². The van der Waals surface area contributed by atoms with E-state index in [4.69, 9.17) is 9.84 Å². The van der Waals surface area contributed by atoms with Crippen molar-refractivity contribution in [2.75, 3.05) is 26.8 Å². The van der Waals surface area contributed by atoms with E-state index in [1.165, 1.54) is 0 Å². The van der Waals surface area contributed by atoms with Crippen LogP contribution in [-0.2, 0) is 14.3 Å². The minimum Gasteiger partial charge on any atom is -0.481 e. The number of ether oxygens (including phenoxy) is 1. The summed E-state index contributed by atoms with van der Waals surface area (Å²) in [5.74, 6) is -1.02. The second-order valence-corrected chi connectivity index (χ2v) is 5.45. The van der Waals surface area contributed by atoms with Gasteiger partial charge in [0, 0.05) is 26.8 Å². The second-order valence-electron chi connectivity index (χ2n) is 5.45. The molecule has 18 heavy (non-hydrogen) atoms. The van der Waals surface area contributed by atoms with E-state index in [9.17, 15) is 9.59 Å². The van der Waals surface area contributed by atoms with E-state index < -0.39 is 5.97 Å². The zero-order chi connectivity index (χ0) is 13.2. The Bertz CT molecular complexity index is 338. The van der Waals surface area contributed by atoms with Gasteiger partial charge < -0.3 is 14.7 Å². The van der Waals surface area contributed by atoms with Gasteiger partial charge in [-0.05, 0) is 25.7 Å². The summed E-state index contributed by atoms with van der Waals surface area (Å²) in [6.07, 6.45) is 4.27. The van der Waals surface area contributed by atoms with Gasteiger partial charge >= 0.3 is 5.97 Å². The smallest absolute Gasteiger partial charge is 0.308 e. The largest absolute Gasteiger partial charge is 0.481 e. The molecule has 0 aromatic heterocycles. The third kappa shape index (κ3) is 2.36. The molecule has 0 spiro atoms. The summed E-state index contributed by atoms with van der Waals surface area (Å²) in [4.78, 5) is 25.2. The van der Waals surface area contributed by atoms with Crippen LogP contribution in [0, 0.1) is 11.3 Å². The van der Waals surface area contributed by atoms with Gasteiger partial charge in [-0.15, -0.1) is 0 Å². The van der Waals surface area contributed by atoms with Gasteiger partial charge in [0.1, 0.15) is 0 Å². The molecule has 102 valence electrons. The van der Waals surface area contributed by atoms with E-state index in [0.717, 1.165) is 25.7 Å². The molecule has 0 aromatic carbocycles. The number of carboxylic acid groups (broad SMARTS) is 1. The summed E-state index contributed by atoms with van der Waals surface area (Å²) in [6.45, 7) is 1.56. The Kier molecular flexibility index (Phi) is 3.90. The van der Waals surface area contributed by atoms with E-state index in [0.29, 0.717) is 26.1 Å². The Hall–Kier alpha value is -1.10. The van der Waals surface area contributed by atoms with Crippen molar-refractivity contribution in [3.05, 3.63) is 0 Å². The van der Waals surface area contributed by atoms with Crippen molar-refractivity contribution < 1.29 is 19.4 Å². The van der Waals surface area contributed by atoms with Crippen molar-refractivity contribution in [1.82, 2.24) is 4.90 Å². The summed E-state index contributed by atoms with van der Waals surface area (Å²) in [7, 11) is 1.65. The van der Waals surface area contributed by atoms with Gasteiger partial charge in [-0.3, -0.25) is 9.59 Å². The van der Waals surface area contributed by atoms with Crippen LogP contribution in [0.2, 0.25) is 0 Å². The number of hydrogen-bond donors (Lipinski definition) is 1. The SMILES string of the molecule is COCCC1(C(=O)N2CC[C@@H](C(=O)O)C2)CCC1. The van der Waals surface area contributed by atoms with Crippen LogP contribution >= 0.6 is 0 Å². The molecule has 1 aliphatic carbocycles. The number of methoxy groups -OCH3 is 1. The fourth-order valence-electron chi connectivity index (χ4n) is 2.95. The highest BCUT2D eigenvalue weighted by Gasteiger charge is 2.47. The third-order valence-electron chi connectivity index (χ3n) is 4.37. The Morgan fingerprint density at radius 3 is 2.61 bits per heavy atom. The first-order chi connectivity index (χ1) is 8.59. The molecule has 0 bridgehead atoms. The molecule has 0 unspecified atom stereocenters. The van der Waals surface area contributed by atoms with Gasteiger partial charge in [0.05, 0.1) is 11.3 Å². The maximum atomic E-state index is 12.5. The fraction of sp³-hybridized carbons (Fsp3) is 0.846. The lowest BCUT2D eigenvalue weighted by Gasteiger charge is -2.42. The molecule has 2 rings (SSSR count). The normalized spacial score (nSPS) is 25.8. The second kappa shape index (κ2) is 5.26. The molecule has 1 aliphatic heterocycles. The molecule has 1 saturated heterocycles. The maximum absolute atomic E-state index is 12.5. The average Bonchev–Trinajstić information content (AvgIpc) is 2.76. The van der Waals surface area contributed by atoms with Crippen LogP contribution < -0.4 is 0 Å². The van der Waals surface area contributed by atoms with Gasteiger partial charge in [0.25, 0.3) is 0 Å². The lowest BCUT2D eigenvalue weighted by Crippen LogP contribution is -2.47. The van der Waals surface area contributed by atoms with Crippen LogP contribution in [0.5, 0.6) is 0 Å².